The summed E-state index contributed by atoms with van der Waals surface area (Å²) in [5, 5.41) is 9.61. The molecule has 0 saturated carbocycles. The normalized spacial score (nSPS) is 13.0. The number of alkyl halides is 6. The number of halogens is 7. The maximum Gasteiger partial charge on any atom is 0.416 e. The lowest BCUT2D eigenvalue weighted by Crippen LogP contribution is -2.41. The van der Waals surface area contributed by atoms with E-state index in [0.717, 1.165) is 16.5 Å². The summed E-state index contributed by atoms with van der Waals surface area (Å²) in [7, 11) is 0. The molecule has 0 bridgehead atoms. The summed E-state index contributed by atoms with van der Waals surface area (Å²) in [5.41, 5.74) is -0.351. The van der Waals surface area contributed by atoms with Gasteiger partial charge in [-0.2, -0.15) is 26.3 Å². The monoisotopic (exact) mass is 487 g/mol. The van der Waals surface area contributed by atoms with Gasteiger partial charge in [0.2, 0.25) is 0 Å². The van der Waals surface area contributed by atoms with Gasteiger partial charge in [0.1, 0.15) is 17.3 Å². The lowest BCUT2D eigenvalue weighted by atomic mass is 10.1. The Hall–Kier alpha value is -3.27. The van der Waals surface area contributed by atoms with Crippen LogP contribution in [0.15, 0.2) is 66.7 Å². The van der Waals surface area contributed by atoms with Crippen LogP contribution in [0.2, 0.25) is 0 Å². The van der Waals surface area contributed by atoms with Crippen molar-refractivity contribution in [2.75, 3.05) is 11.4 Å². The Kier molecular flexibility index (Phi) is 7.40. The van der Waals surface area contributed by atoms with Crippen LogP contribution in [0.5, 0.6) is 11.5 Å². The molecule has 0 aliphatic carbocycles. The number of ether oxygens (including phenoxy) is 1. The molecule has 0 aliphatic rings. The molecule has 0 saturated heterocycles. The van der Waals surface area contributed by atoms with Gasteiger partial charge in [-0.25, -0.2) is 4.39 Å². The van der Waals surface area contributed by atoms with Crippen LogP contribution in [0, 0.1) is 12.7 Å². The molecule has 3 rings (SSSR count). The molecular weight excluding hydrogens is 467 g/mol. The molecule has 0 aliphatic heterocycles. The number of hydrogen-bond acceptors (Lipinski definition) is 3. The van der Waals surface area contributed by atoms with Crippen molar-refractivity contribution in [2.45, 2.75) is 31.9 Å². The molecule has 0 amide bonds. The van der Waals surface area contributed by atoms with Gasteiger partial charge in [0.05, 0.1) is 12.1 Å². The Morgan fingerprint density at radius 3 is 2.15 bits per heavy atom. The number of aliphatic hydroxyl groups is 1. The first-order valence-corrected chi connectivity index (χ1v) is 10.0. The van der Waals surface area contributed by atoms with Gasteiger partial charge in [-0.05, 0) is 43.3 Å². The average molecular weight is 487 g/mol. The van der Waals surface area contributed by atoms with E-state index < -0.39 is 42.9 Å². The molecule has 182 valence electrons. The van der Waals surface area contributed by atoms with E-state index in [1.165, 1.54) is 18.2 Å². The lowest BCUT2D eigenvalue weighted by molar-refractivity contribution is -0.200. The molecule has 1 N–H and O–H groups in total. The number of hydrogen-bond donors (Lipinski definition) is 1. The standard InChI is InChI=1S/C24H20F7NO2/c1-15-5-9-19(10-6-15)34-20-4-2-3-18(12-20)32(14-22(33)24(29,30)31)13-16-7-8-17(11-21(16)25)23(26,27)28/h2-12,22,33H,13-14H2,1H3/t22-/m1/s1. The van der Waals surface area contributed by atoms with Crippen LogP contribution in [0.25, 0.3) is 0 Å². The molecule has 0 heterocycles. The minimum absolute atomic E-state index is 0.146. The van der Waals surface area contributed by atoms with Crippen molar-refractivity contribution in [3.63, 3.8) is 0 Å². The predicted octanol–water partition coefficient (Wildman–Crippen LogP) is 6.88. The van der Waals surface area contributed by atoms with Gasteiger partial charge in [-0.15, -0.1) is 0 Å². The number of nitrogens with zero attached hydrogens (tertiary/aromatic N) is 1. The van der Waals surface area contributed by atoms with Gasteiger partial charge < -0.3 is 14.7 Å². The first-order valence-electron chi connectivity index (χ1n) is 10.0. The Morgan fingerprint density at radius 1 is 0.882 bits per heavy atom. The summed E-state index contributed by atoms with van der Waals surface area (Å²) < 4.78 is 97.7. The Labute approximate surface area is 191 Å². The molecule has 0 radical (unpaired) electrons. The maximum absolute atomic E-state index is 14.4. The second-order valence-electron chi connectivity index (χ2n) is 7.65. The Balaban J connectivity index is 1.91. The van der Waals surface area contributed by atoms with Crippen molar-refractivity contribution in [1.82, 2.24) is 0 Å². The molecule has 0 unspecified atom stereocenters. The van der Waals surface area contributed by atoms with Crippen LogP contribution in [0.1, 0.15) is 16.7 Å². The highest BCUT2D eigenvalue weighted by Crippen LogP contribution is 2.32. The Morgan fingerprint density at radius 2 is 1.56 bits per heavy atom. The number of benzene rings is 3. The summed E-state index contributed by atoms with van der Waals surface area (Å²) in [5.74, 6) is -0.493. The lowest BCUT2D eigenvalue weighted by Gasteiger charge is -2.29. The van der Waals surface area contributed by atoms with Crippen LogP contribution in [0.3, 0.4) is 0 Å². The van der Waals surface area contributed by atoms with E-state index in [1.54, 1.807) is 30.3 Å². The summed E-state index contributed by atoms with van der Waals surface area (Å²) in [6, 6.07) is 14.7. The van der Waals surface area contributed by atoms with E-state index in [4.69, 9.17) is 4.74 Å². The van der Waals surface area contributed by atoms with Gasteiger partial charge in [0.15, 0.2) is 6.10 Å². The highest BCUT2D eigenvalue weighted by molar-refractivity contribution is 5.52. The minimum atomic E-state index is -4.95. The largest absolute Gasteiger partial charge is 0.457 e. The van der Waals surface area contributed by atoms with Crippen molar-refractivity contribution >= 4 is 5.69 Å². The van der Waals surface area contributed by atoms with Crippen LogP contribution < -0.4 is 9.64 Å². The van der Waals surface area contributed by atoms with E-state index in [0.29, 0.717) is 11.8 Å². The summed E-state index contributed by atoms with van der Waals surface area (Å²) >= 11 is 0. The van der Waals surface area contributed by atoms with Crippen molar-refractivity contribution in [3.05, 3.63) is 89.2 Å². The molecule has 0 aromatic heterocycles. The highest BCUT2D eigenvalue weighted by Gasteiger charge is 2.39. The topological polar surface area (TPSA) is 32.7 Å². The second-order valence-corrected chi connectivity index (χ2v) is 7.65. The van der Waals surface area contributed by atoms with Crippen LogP contribution in [-0.2, 0) is 12.7 Å². The summed E-state index contributed by atoms with van der Waals surface area (Å²) in [6.45, 7) is 0.387. The van der Waals surface area contributed by atoms with Gasteiger partial charge in [-0.3, -0.25) is 0 Å². The van der Waals surface area contributed by atoms with Gasteiger partial charge in [0, 0.05) is 23.9 Å². The number of aliphatic hydroxyl groups excluding tert-OH is 1. The van der Waals surface area contributed by atoms with Crippen molar-refractivity contribution in [1.29, 1.82) is 0 Å². The first kappa shape index (κ1) is 25.4. The third-order valence-electron chi connectivity index (χ3n) is 4.95. The van der Waals surface area contributed by atoms with E-state index in [9.17, 15) is 35.8 Å². The Bertz CT molecular complexity index is 1110. The van der Waals surface area contributed by atoms with Crippen LogP contribution in [-0.4, -0.2) is 23.9 Å². The highest BCUT2D eigenvalue weighted by atomic mass is 19.4. The SMILES string of the molecule is Cc1ccc(Oc2cccc(N(Cc3ccc(C(F)(F)F)cc3F)C[C@@H](O)C(F)(F)F)c2)cc1. The van der Waals surface area contributed by atoms with Gasteiger partial charge in [0.25, 0.3) is 0 Å². The van der Waals surface area contributed by atoms with Crippen molar-refractivity contribution < 1.29 is 40.6 Å². The van der Waals surface area contributed by atoms with Crippen molar-refractivity contribution in [2.24, 2.45) is 0 Å². The third kappa shape index (κ3) is 6.63. The molecule has 34 heavy (non-hydrogen) atoms. The smallest absolute Gasteiger partial charge is 0.416 e. The second kappa shape index (κ2) is 9.92. The van der Waals surface area contributed by atoms with E-state index in [-0.39, 0.29) is 23.1 Å². The molecule has 3 nitrogen and oxygen atoms in total. The molecule has 1 atom stereocenters. The fourth-order valence-corrected chi connectivity index (χ4v) is 3.12. The fourth-order valence-electron chi connectivity index (χ4n) is 3.12. The molecule has 10 heteroatoms. The zero-order valence-electron chi connectivity index (χ0n) is 17.8. The van der Waals surface area contributed by atoms with E-state index in [1.807, 2.05) is 6.92 Å². The van der Waals surface area contributed by atoms with E-state index in [2.05, 4.69) is 0 Å². The number of rotatable bonds is 7. The predicted molar refractivity (Wildman–Crippen MR) is 112 cm³/mol. The maximum atomic E-state index is 14.4. The van der Waals surface area contributed by atoms with Crippen LogP contribution in [0.4, 0.5) is 36.4 Å². The molecular formula is C24H20F7NO2. The molecule has 3 aromatic carbocycles. The fraction of sp³-hybridized carbons (Fsp3) is 0.250. The van der Waals surface area contributed by atoms with Crippen molar-refractivity contribution in [3.8, 4) is 11.5 Å². The average Bonchev–Trinajstić information content (AvgIpc) is 2.75. The van der Waals surface area contributed by atoms with E-state index >= 15 is 0 Å². The zero-order chi connectivity index (χ0) is 25.1. The summed E-state index contributed by atoms with van der Waals surface area (Å²) in [6.07, 6.45) is -12.5. The number of anilines is 1. The zero-order valence-corrected chi connectivity index (χ0v) is 17.8. The molecule has 0 spiro atoms. The van der Waals surface area contributed by atoms with Gasteiger partial charge in [-0.1, -0.05) is 29.8 Å². The molecule has 0 fully saturated rings. The first-order chi connectivity index (χ1) is 15.8. The number of aryl methyl sites for hydroxylation is 1. The summed E-state index contributed by atoms with van der Waals surface area (Å²) in [4.78, 5) is 1.02. The molecule has 3 aromatic rings. The minimum Gasteiger partial charge on any atom is -0.457 e. The third-order valence-corrected chi connectivity index (χ3v) is 4.95. The quantitative estimate of drug-likeness (QED) is 0.369. The van der Waals surface area contributed by atoms with Gasteiger partial charge >= 0.3 is 12.4 Å². The van der Waals surface area contributed by atoms with Crippen LogP contribution >= 0.6 is 0 Å².